The molecule has 0 aliphatic heterocycles. The first kappa shape index (κ1) is 14.5. The summed E-state index contributed by atoms with van der Waals surface area (Å²) < 4.78 is 57.3. The topological polar surface area (TPSA) is 35.0 Å². The standard InChI is InChI=1S/C12H7ClF4N2O/c1-5-2-8(13)19-9(18-5)4-20-12-10(16)6(14)3-7(15)11(12)17/h2-3H,4H2,1H3. The van der Waals surface area contributed by atoms with Gasteiger partial charge in [0.05, 0.1) is 0 Å². The van der Waals surface area contributed by atoms with E-state index in [1.807, 2.05) is 0 Å². The molecule has 106 valence electrons. The van der Waals surface area contributed by atoms with Crippen molar-refractivity contribution >= 4 is 11.6 Å². The van der Waals surface area contributed by atoms with Gasteiger partial charge in [0, 0.05) is 11.8 Å². The van der Waals surface area contributed by atoms with Crippen LogP contribution >= 0.6 is 11.6 Å². The first-order valence-corrected chi connectivity index (χ1v) is 5.72. The van der Waals surface area contributed by atoms with Crippen LogP contribution in [-0.4, -0.2) is 9.97 Å². The van der Waals surface area contributed by atoms with Crippen molar-refractivity contribution in [1.82, 2.24) is 9.97 Å². The molecule has 1 heterocycles. The van der Waals surface area contributed by atoms with Gasteiger partial charge in [0.1, 0.15) is 11.8 Å². The Hall–Kier alpha value is -1.89. The molecule has 0 unspecified atom stereocenters. The maximum absolute atomic E-state index is 13.3. The third-order valence-electron chi connectivity index (χ3n) is 2.29. The molecule has 0 radical (unpaired) electrons. The lowest BCUT2D eigenvalue weighted by molar-refractivity contribution is 0.254. The number of aromatic nitrogens is 2. The Balaban J connectivity index is 2.27. The van der Waals surface area contributed by atoms with Crippen molar-refractivity contribution in [3.8, 4) is 5.75 Å². The maximum Gasteiger partial charge on any atom is 0.203 e. The van der Waals surface area contributed by atoms with Crippen molar-refractivity contribution in [2.45, 2.75) is 13.5 Å². The summed E-state index contributed by atoms with van der Waals surface area (Å²) >= 11 is 5.67. The minimum absolute atomic E-state index is 0.0264. The van der Waals surface area contributed by atoms with Crippen LogP contribution in [0.4, 0.5) is 17.6 Å². The van der Waals surface area contributed by atoms with Gasteiger partial charge < -0.3 is 4.74 Å². The van der Waals surface area contributed by atoms with E-state index < -0.39 is 35.6 Å². The molecule has 2 aromatic rings. The molecule has 0 saturated heterocycles. The van der Waals surface area contributed by atoms with Gasteiger partial charge in [0.15, 0.2) is 23.2 Å². The van der Waals surface area contributed by atoms with Crippen LogP contribution < -0.4 is 4.74 Å². The van der Waals surface area contributed by atoms with Crippen molar-refractivity contribution in [3.05, 3.63) is 52.1 Å². The average Bonchev–Trinajstić information content (AvgIpc) is 2.35. The molecule has 0 N–H and O–H groups in total. The van der Waals surface area contributed by atoms with E-state index in [4.69, 9.17) is 16.3 Å². The zero-order chi connectivity index (χ0) is 14.9. The first-order valence-electron chi connectivity index (χ1n) is 5.34. The molecule has 0 atom stereocenters. The smallest absolute Gasteiger partial charge is 0.203 e. The van der Waals surface area contributed by atoms with Crippen LogP contribution in [0.3, 0.4) is 0 Å². The predicted octanol–water partition coefficient (Wildman–Crippen LogP) is 3.57. The quantitative estimate of drug-likeness (QED) is 0.494. The monoisotopic (exact) mass is 306 g/mol. The molecule has 0 aliphatic carbocycles. The van der Waals surface area contributed by atoms with Crippen LogP contribution in [0.5, 0.6) is 5.75 Å². The summed E-state index contributed by atoms with van der Waals surface area (Å²) in [5, 5.41) is 0.113. The van der Waals surface area contributed by atoms with Gasteiger partial charge in [-0.15, -0.1) is 0 Å². The Morgan fingerprint density at radius 3 is 2.20 bits per heavy atom. The third-order valence-corrected chi connectivity index (χ3v) is 2.48. The lowest BCUT2D eigenvalue weighted by Crippen LogP contribution is -2.07. The molecule has 0 fully saturated rings. The average molecular weight is 307 g/mol. The molecular formula is C12H7ClF4N2O. The van der Waals surface area contributed by atoms with E-state index in [2.05, 4.69) is 9.97 Å². The first-order chi connectivity index (χ1) is 9.38. The summed E-state index contributed by atoms with van der Waals surface area (Å²) in [6, 6.07) is 1.56. The van der Waals surface area contributed by atoms with Crippen LogP contribution in [0.25, 0.3) is 0 Å². The van der Waals surface area contributed by atoms with Crippen molar-refractivity contribution in [2.24, 2.45) is 0 Å². The van der Waals surface area contributed by atoms with Gasteiger partial charge in [-0.2, -0.15) is 8.78 Å². The molecule has 0 aliphatic rings. The van der Waals surface area contributed by atoms with Crippen LogP contribution in [0.15, 0.2) is 12.1 Å². The predicted molar refractivity (Wildman–Crippen MR) is 62.4 cm³/mol. The minimum Gasteiger partial charge on any atom is -0.479 e. The van der Waals surface area contributed by atoms with Crippen molar-refractivity contribution in [2.75, 3.05) is 0 Å². The zero-order valence-electron chi connectivity index (χ0n) is 10.1. The Morgan fingerprint density at radius 2 is 1.65 bits per heavy atom. The van der Waals surface area contributed by atoms with Crippen LogP contribution in [0, 0.1) is 30.2 Å². The normalized spacial score (nSPS) is 10.7. The molecule has 3 nitrogen and oxygen atoms in total. The van der Waals surface area contributed by atoms with E-state index >= 15 is 0 Å². The Kier molecular flexibility index (Phi) is 4.08. The van der Waals surface area contributed by atoms with Gasteiger partial charge >= 0.3 is 0 Å². The van der Waals surface area contributed by atoms with E-state index in [0.29, 0.717) is 5.69 Å². The van der Waals surface area contributed by atoms with Gasteiger partial charge in [-0.25, -0.2) is 18.7 Å². The highest BCUT2D eigenvalue weighted by atomic mass is 35.5. The number of benzene rings is 1. The summed E-state index contributed by atoms with van der Waals surface area (Å²) in [6.07, 6.45) is 0. The fourth-order valence-corrected chi connectivity index (χ4v) is 1.72. The summed E-state index contributed by atoms with van der Waals surface area (Å²) in [6.45, 7) is 1.14. The fourth-order valence-electron chi connectivity index (χ4n) is 1.47. The largest absolute Gasteiger partial charge is 0.479 e. The number of rotatable bonds is 3. The molecule has 20 heavy (non-hydrogen) atoms. The lowest BCUT2D eigenvalue weighted by Gasteiger charge is -2.09. The summed E-state index contributed by atoms with van der Waals surface area (Å²) in [4.78, 5) is 7.65. The van der Waals surface area contributed by atoms with E-state index in [1.165, 1.54) is 6.07 Å². The molecule has 1 aromatic heterocycles. The highest BCUT2D eigenvalue weighted by Crippen LogP contribution is 2.27. The Morgan fingerprint density at radius 1 is 1.05 bits per heavy atom. The molecule has 0 amide bonds. The number of ether oxygens (including phenoxy) is 1. The fraction of sp³-hybridized carbons (Fsp3) is 0.167. The summed E-state index contributed by atoms with van der Waals surface area (Å²) in [7, 11) is 0. The second-order valence-electron chi connectivity index (χ2n) is 3.83. The number of hydrogen-bond acceptors (Lipinski definition) is 3. The van der Waals surface area contributed by atoms with Crippen molar-refractivity contribution in [3.63, 3.8) is 0 Å². The Labute approximate surface area is 116 Å². The van der Waals surface area contributed by atoms with Crippen LogP contribution in [0.2, 0.25) is 5.15 Å². The number of hydrogen-bond donors (Lipinski definition) is 0. The molecule has 2 rings (SSSR count). The van der Waals surface area contributed by atoms with E-state index in [1.54, 1.807) is 6.92 Å². The van der Waals surface area contributed by atoms with Gasteiger partial charge in [0.2, 0.25) is 11.6 Å². The van der Waals surface area contributed by atoms with Gasteiger partial charge in [-0.1, -0.05) is 11.6 Å². The van der Waals surface area contributed by atoms with E-state index in [-0.39, 0.29) is 17.0 Å². The molecule has 1 aromatic carbocycles. The number of nitrogens with zero attached hydrogens (tertiary/aromatic N) is 2. The SMILES string of the molecule is Cc1cc(Cl)nc(COc2c(F)c(F)cc(F)c2F)n1. The third kappa shape index (κ3) is 2.98. The van der Waals surface area contributed by atoms with Crippen molar-refractivity contribution < 1.29 is 22.3 Å². The van der Waals surface area contributed by atoms with Crippen LogP contribution in [0.1, 0.15) is 11.5 Å². The van der Waals surface area contributed by atoms with Gasteiger partial charge in [-0.3, -0.25) is 0 Å². The molecule has 8 heteroatoms. The summed E-state index contributed by atoms with van der Waals surface area (Å²) in [5.74, 6) is -7.49. The molecule has 0 spiro atoms. The molecular weight excluding hydrogens is 300 g/mol. The highest BCUT2D eigenvalue weighted by Gasteiger charge is 2.21. The van der Waals surface area contributed by atoms with Gasteiger partial charge in [0.25, 0.3) is 0 Å². The van der Waals surface area contributed by atoms with Crippen LogP contribution in [-0.2, 0) is 6.61 Å². The van der Waals surface area contributed by atoms with Crippen molar-refractivity contribution in [1.29, 1.82) is 0 Å². The molecule has 0 saturated carbocycles. The number of aryl methyl sites for hydroxylation is 1. The van der Waals surface area contributed by atoms with E-state index in [0.717, 1.165) is 0 Å². The summed E-state index contributed by atoms with van der Waals surface area (Å²) in [5.41, 5.74) is 0.509. The van der Waals surface area contributed by atoms with E-state index in [9.17, 15) is 17.6 Å². The Bertz CT molecular complexity index is 620. The molecule has 0 bridgehead atoms. The maximum atomic E-state index is 13.3. The second-order valence-corrected chi connectivity index (χ2v) is 4.22. The minimum atomic E-state index is -1.62. The van der Waals surface area contributed by atoms with Gasteiger partial charge in [-0.05, 0) is 13.0 Å². The second kappa shape index (κ2) is 5.62. The zero-order valence-corrected chi connectivity index (χ0v) is 10.8. The highest BCUT2D eigenvalue weighted by molar-refractivity contribution is 6.29. The lowest BCUT2D eigenvalue weighted by atomic mass is 10.3. The number of halogens is 5.